The minimum absolute atomic E-state index is 0.00194. The number of thiazole rings is 1. The van der Waals surface area contributed by atoms with E-state index in [4.69, 9.17) is 9.73 Å². The first kappa shape index (κ1) is 27.1. The zero-order valence-corrected chi connectivity index (χ0v) is 26.1. The molecule has 10 heteroatoms. The molecule has 7 nitrogen and oxygen atoms in total. The van der Waals surface area contributed by atoms with E-state index in [9.17, 15) is 14.9 Å². The Kier molecular flexibility index (Phi) is 7.48. The summed E-state index contributed by atoms with van der Waals surface area (Å²) in [5, 5.41) is 11.6. The van der Waals surface area contributed by atoms with Gasteiger partial charge in [-0.2, -0.15) is 0 Å². The molecular weight excluding hydrogens is 752 g/mol. The van der Waals surface area contributed by atoms with Gasteiger partial charge in [-0.1, -0.05) is 60.4 Å². The maximum atomic E-state index is 14.0. The number of non-ortho nitro benzene ring substituents is 1. The van der Waals surface area contributed by atoms with Gasteiger partial charge in [0.05, 0.1) is 28.3 Å². The summed E-state index contributed by atoms with van der Waals surface area (Å²) in [7, 11) is 0. The van der Waals surface area contributed by atoms with Crippen molar-refractivity contribution in [2.75, 3.05) is 6.61 Å². The van der Waals surface area contributed by atoms with E-state index >= 15 is 0 Å². The van der Waals surface area contributed by atoms with Crippen molar-refractivity contribution in [3.63, 3.8) is 0 Å². The summed E-state index contributed by atoms with van der Waals surface area (Å²) in [6, 6.07) is 18.3. The van der Waals surface area contributed by atoms with Crippen molar-refractivity contribution in [2.24, 2.45) is 4.99 Å². The summed E-state index contributed by atoms with van der Waals surface area (Å²) in [5.74, 6) is 0.789. The number of fused-ring (bicyclic) bond motifs is 3. The van der Waals surface area contributed by atoms with Crippen molar-refractivity contribution >= 4 is 74.0 Å². The third kappa shape index (κ3) is 4.85. The second-order valence-electron chi connectivity index (χ2n) is 9.38. The molecule has 0 saturated carbocycles. The first-order valence-corrected chi connectivity index (χ1v) is 15.4. The van der Waals surface area contributed by atoms with Gasteiger partial charge in [-0.05, 0) is 98.5 Å². The van der Waals surface area contributed by atoms with Crippen LogP contribution in [0.5, 0.6) is 5.75 Å². The molecule has 6 rings (SSSR count). The second kappa shape index (κ2) is 11.1. The summed E-state index contributed by atoms with van der Waals surface area (Å²) in [6.45, 7) is 4.13. The van der Waals surface area contributed by atoms with Gasteiger partial charge in [0.25, 0.3) is 11.2 Å². The lowest BCUT2D eigenvalue weighted by Gasteiger charge is -2.30. The molecule has 0 unspecified atom stereocenters. The lowest BCUT2D eigenvalue weighted by Crippen LogP contribution is -2.38. The molecule has 0 N–H and O–H groups in total. The fraction of sp³-hybridized carbons (Fsp3) is 0.133. The molecule has 0 bridgehead atoms. The normalized spacial score (nSPS) is 16.1. The van der Waals surface area contributed by atoms with Crippen LogP contribution >= 0.6 is 56.5 Å². The van der Waals surface area contributed by atoms with Gasteiger partial charge in [-0.3, -0.25) is 19.5 Å². The van der Waals surface area contributed by atoms with Crippen LogP contribution < -0.4 is 19.6 Å². The number of aryl methyl sites for hydroxylation is 1. The Morgan fingerprint density at radius 3 is 2.65 bits per heavy atom. The van der Waals surface area contributed by atoms with Crippen LogP contribution in [-0.4, -0.2) is 16.1 Å². The number of aromatic nitrogens is 1. The average molecular weight is 773 g/mol. The topological polar surface area (TPSA) is 86.7 Å². The molecule has 3 aromatic carbocycles. The number of allylic oxidation sites excluding steroid dienone is 1. The molecule has 0 spiro atoms. The van der Waals surface area contributed by atoms with E-state index in [0.29, 0.717) is 27.9 Å². The number of nitro benzene ring substituents is 1. The molecule has 4 aromatic rings. The second-order valence-corrected chi connectivity index (χ2v) is 12.7. The maximum absolute atomic E-state index is 14.0. The quantitative estimate of drug-likeness (QED) is 0.104. The summed E-state index contributed by atoms with van der Waals surface area (Å²) >= 11 is 5.81. The summed E-state index contributed by atoms with van der Waals surface area (Å²) in [5.41, 5.74) is 5.55. The summed E-state index contributed by atoms with van der Waals surface area (Å²) < 4.78 is 9.94. The Labute approximate surface area is 260 Å². The Morgan fingerprint density at radius 1 is 1.12 bits per heavy atom. The minimum Gasteiger partial charge on any atom is -0.487 e. The van der Waals surface area contributed by atoms with Crippen LogP contribution in [0.4, 0.5) is 5.69 Å². The number of ether oxygens (including phenoxy) is 1. The predicted octanol–water partition coefficient (Wildman–Crippen LogP) is 6.00. The highest BCUT2D eigenvalue weighted by atomic mass is 127. The Morgan fingerprint density at radius 2 is 1.90 bits per heavy atom. The average Bonchev–Trinajstić information content (AvgIpc) is 3.25. The molecule has 40 heavy (non-hydrogen) atoms. The van der Waals surface area contributed by atoms with Crippen molar-refractivity contribution in [1.29, 1.82) is 0 Å². The van der Waals surface area contributed by atoms with E-state index in [1.165, 1.54) is 23.0 Å². The number of nitrogens with zero attached hydrogens (tertiary/aromatic N) is 3. The van der Waals surface area contributed by atoms with E-state index in [1.807, 2.05) is 36.4 Å². The van der Waals surface area contributed by atoms with Crippen LogP contribution in [0.2, 0.25) is 0 Å². The van der Waals surface area contributed by atoms with E-state index in [-0.39, 0.29) is 11.2 Å². The van der Waals surface area contributed by atoms with E-state index in [0.717, 1.165) is 41.7 Å². The fourth-order valence-corrected chi connectivity index (χ4v) is 8.35. The van der Waals surface area contributed by atoms with Crippen LogP contribution in [0.15, 0.2) is 88.7 Å². The van der Waals surface area contributed by atoms with Gasteiger partial charge >= 0.3 is 0 Å². The van der Waals surface area contributed by atoms with Crippen molar-refractivity contribution < 1.29 is 9.66 Å². The van der Waals surface area contributed by atoms with Crippen molar-refractivity contribution in [2.45, 2.75) is 18.9 Å². The smallest absolute Gasteiger partial charge is 0.271 e. The van der Waals surface area contributed by atoms with Crippen LogP contribution in [0.1, 0.15) is 34.7 Å². The molecule has 2 heterocycles. The molecule has 1 aliphatic carbocycles. The number of benzene rings is 3. The standard InChI is InChI=1S/C30H21I2N3O4S/c1-2-12-39-28-23(31)13-17(14-24(28)32)15-25-29(36)34-27(19-7-5-8-20(16-19)35(37)38)22-11-10-18-6-3-4-9-21(18)26(22)33-30(34)40-25/h2-9,13-16,27H,1,10-12H2/b25-15+/t27-/m1/s1. The fourth-order valence-electron chi connectivity index (χ4n) is 5.23. The maximum Gasteiger partial charge on any atom is 0.271 e. The molecular formula is C30H21I2N3O4S. The number of rotatable bonds is 6. The molecule has 1 aliphatic heterocycles. The van der Waals surface area contributed by atoms with Gasteiger partial charge < -0.3 is 4.74 Å². The SMILES string of the molecule is C=CCOc1c(I)cc(/C=c2/sc3n(c2=O)[C@H](c2cccc([N+](=O)[O-])c2)C2=C(N=3)c3ccccc3CC2)cc1I. The van der Waals surface area contributed by atoms with Crippen LogP contribution in [0.25, 0.3) is 11.8 Å². The van der Waals surface area contributed by atoms with Crippen LogP contribution in [0.3, 0.4) is 0 Å². The molecule has 0 amide bonds. The lowest BCUT2D eigenvalue weighted by atomic mass is 9.83. The van der Waals surface area contributed by atoms with Crippen LogP contribution in [0, 0.1) is 17.3 Å². The molecule has 0 radical (unpaired) electrons. The highest BCUT2D eigenvalue weighted by Gasteiger charge is 2.33. The number of hydrogen-bond acceptors (Lipinski definition) is 6. The highest BCUT2D eigenvalue weighted by molar-refractivity contribution is 14.1. The van der Waals surface area contributed by atoms with E-state index < -0.39 is 11.0 Å². The van der Waals surface area contributed by atoms with Gasteiger partial charge in [-0.25, -0.2) is 4.99 Å². The molecule has 2 aliphatic rings. The zero-order chi connectivity index (χ0) is 28.0. The summed E-state index contributed by atoms with van der Waals surface area (Å²) in [6.07, 6.45) is 5.12. The predicted molar refractivity (Wildman–Crippen MR) is 173 cm³/mol. The minimum atomic E-state index is -0.475. The van der Waals surface area contributed by atoms with Gasteiger partial charge in [0, 0.05) is 17.7 Å². The molecule has 0 saturated heterocycles. The molecule has 0 fully saturated rings. The number of halogens is 2. The van der Waals surface area contributed by atoms with Gasteiger partial charge in [0.15, 0.2) is 4.80 Å². The van der Waals surface area contributed by atoms with Crippen molar-refractivity contribution in [1.82, 2.24) is 4.57 Å². The summed E-state index contributed by atoms with van der Waals surface area (Å²) in [4.78, 5) is 30.8. The first-order chi connectivity index (χ1) is 19.4. The van der Waals surface area contributed by atoms with Crippen molar-refractivity contribution in [3.05, 3.63) is 138 Å². The third-order valence-corrected chi connectivity index (χ3v) is 9.52. The van der Waals surface area contributed by atoms with E-state index in [2.05, 4.69) is 63.9 Å². The van der Waals surface area contributed by atoms with Crippen molar-refractivity contribution in [3.8, 4) is 5.75 Å². The van der Waals surface area contributed by atoms with Gasteiger partial charge in [0.1, 0.15) is 12.4 Å². The third-order valence-electron chi connectivity index (χ3n) is 6.93. The van der Waals surface area contributed by atoms with Crippen LogP contribution in [-0.2, 0) is 6.42 Å². The van der Waals surface area contributed by atoms with Gasteiger partial charge in [-0.15, -0.1) is 0 Å². The Balaban J connectivity index is 1.56. The Bertz CT molecular complexity index is 1900. The number of nitro groups is 1. The molecule has 200 valence electrons. The molecule has 1 atom stereocenters. The lowest BCUT2D eigenvalue weighted by molar-refractivity contribution is -0.384. The monoisotopic (exact) mass is 773 g/mol. The first-order valence-electron chi connectivity index (χ1n) is 12.5. The zero-order valence-electron chi connectivity index (χ0n) is 21.0. The highest BCUT2D eigenvalue weighted by Crippen LogP contribution is 2.41. The molecule has 1 aromatic heterocycles. The number of hydrogen-bond donors (Lipinski definition) is 0. The van der Waals surface area contributed by atoms with Gasteiger partial charge in [0.2, 0.25) is 0 Å². The largest absolute Gasteiger partial charge is 0.487 e. The Hall–Kier alpha value is -3.10. The van der Waals surface area contributed by atoms with E-state index in [1.54, 1.807) is 22.8 Å².